The fraction of sp³-hybridized carbons (Fsp3) is 0.385. The summed E-state index contributed by atoms with van der Waals surface area (Å²) in [5.41, 5.74) is -2.88. The van der Waals surface area contributed by atoms with Gasteiger partial charge in [-0.05, 0) is 19.2 Å². The first-order chi connectivity index (χ1) is 9.03. The van der Waals surface area contributed by atoms with Gasteiger partial charge in [0, 0.05) is 10.9 Å². The molecular formula is C13H14F3NO2. The molecule has 1 aromatic heterocycles. The maximum Gasteiger partial charge on any atom is 0.277 e. The Kier molecular flexibility index (Phi) is 3.82. The molecule has 1 aromatic carbocycles. The van der Waals surface area contributed by atoms with Crippen molar-refractivity contribution in [3.05, 3.63) is 36.1 Å². The van der Waals surface area contributed by atoms with E-state index in [9.17, 15) is 13.2 Å². The van der Waals surface area contributed by atoms with Gasteiger partial charge in [-0.2, -0.15) is 0 Å². The minimum absolute atomic E-state index is 0.224. The predicted octanol–water partition coefficient (Wildman–Crippen LogP) is 2.44. The molecule has 0 bridgehead atoms. The van der Waals surface area contributed by atoms with E-state index in [1.54, 1.807) is 6.07 Å². The molecule has 0 radical (unpaired) electrons. The fourth-order valence-electron chi connectivity index (χ4n) is 2.11. The summed E-state index contributed by atoms with van der Waals surface area (Å²) in [6.45, 7) is -0.743. The minimum Gasteiger partial charge on any atom is -0.464 e. The van der Waals surface area contributed by atoms with Gasteiger partial charge in [0.1, 0.15) is 5.58 Å². The number of furan rings is 1. The van der Waals surface area contributed by atoms with E-state index in [-0.39, 0.29) is 5.56 Å². The first-order valence-corrected chi connectivity index (χ1v) is 5.77. The number of aliphatic hydroxyl groups is 1. The monoisotopic (exact) mass is 273 g/mol. The van der Waals surface area contributed by atoms with Crippen LogP contribution in [-0.2, 0) is 5.67 Å². The zero-order chi connectivity index (χ0) is 14.0. The molecule has 2 N–H and O–H groups in total. The van der Waals surface area contributed by atoms with Gasteiger partial charge in [-0.1, -0.05) is 12.1 Å². The summed E-state index contributed by atoms with van der Waals surface area (Å²) < 4.78 is 46.1. The Morgan fingerprint density at radius 2 is 2.11 bits per heavy atom. The second-order valence-corrected chi connectivity index (χ2v) is 4.27. The van der Waals surface area contributed by atoms with Gasteiger partial charge in [0.2, 0.25) is 5.67 Å². The summed E-state index contributed by atoms with van der Waals surface area (Å²) in [6, 6.07) is 4.28. The number of benzene rings is 1. The van der Waals surface area contributed by atoms with E-state index in [2.05, 4.69) is 5.32 Å². The first kappa shape index (κ1) is 13.9. The molecule has 0 amide bonds. The zero-order valence-electron chi connectivity index (χ0n) is 10.2. The molecule has 0 saturated carbocycles. The molecule has 0 aliphatic heterocycles. The lowest BCUT2D eigenvalue weighted by Gasteiger charge is -2.32. The van der Waals surface area contributed by atoms with Gasteiger partial charge < -0.3 is 14.8 Å². The maximum absolute atomic E-state index is 14.7. The van der Waals surface area contributed by atoms with Crippen LogP contribution in [0, 0.1) is 0 Å². The second kappa shape index (κ2) is 5.22. The summed E-state index contributed by atoms with van der Waals surface area (Å²) in [7, 11) is 1.32. The molecule has 1 heterocycles. The summed E-state index contributed by atoms with van der Waals surface area (Å²) in [5.74, 6) is 0. The van der Waals surface area contributed by atoms with Gasteiger partial charge in [-0.15, -0.1) is 0 Å². The molecule has 2 atom stereocenters. The van der Waals surface area contributed by atoms with Crippen molar-refractivity contribution in [3.8, 4) is 0 Å². The third-order valence-corrected chi connectivity index (χ3v) is 3.25. The van der Waals surface area contributed by atoms with Gasteiger partial charge in [0.25, 0.3) is 6.43 Å². The third-order valence-electron chi connectivity index (χ3n) is 3.25. The Bertz CT molecular complexity index is 554. The summed E-state index contributed by atoms with van der Waals surface area (Å²) in [4.78, 5) is 0. The number of likely N-dealkylation sites (N-methyl/N-ethyl adjacent to an activating group) is 1. The van der Waals surface area contributed by atoms with E-state index < -0.39 is 24.7 Å². The number of nitrogens with one attached hydrogen (secondary N) is 1. The largest absolute Gasteiger partial charge is 0.464 e. The van der Waals surface area contributed by atoms with E-state index in [1.807, 2.05) is 0 Å². The molecule has 3 nitrogen and oxygen atoms in total. The normalized spacial score (nSPS) is 16.7. The standard InChI is InChI=1S/C13H14F3NO2/c1-17-11(7-18)13(16,12(14)15)9-3-2-8-4-5-19-10(8)6-9/h2-6,11-12,17-18H,7H2,1H3. The van der Waals surface area contributed by atoms with Crippen LogP contribution in [0.25, 0.3) is 11.0 Å². The van der Waals surface area contributed by atoms with Crippen molar-refractivity contribution in [1.29, 1.82) is 0 Å². The van der Waals surface area contributed by atoms with E-state index in [4.69, 9.17) is 9.52 Å². The molecule has 2 rings (SSSR count). The number of halogens is 3. The van der Waals surface area contributed by atoms with E-state index in [0.717, 1.165) is 0 Å². The zero-order valence-corrected chi connectivity index (χ0v) is 10.2. The van der Waals surface area contributed by atoms with Crippen molar-refractivity contribution in [2.75, 3.05) is 13.7 Å². The Morgan fingerprint density at radius 1 is 1.37 bits per heavy atom. The molecule has 2 aromatic rings. The molecule has 19 heavy (non-hydrogen) atoms. The molecule has 0 aliphatic rings. The molecule has 0 fully saturated rings. The van der Waals surface area contributed by atoms with Crippen LogP contribution < -0.4 is 5.32 Å². The highest BCUT2D eigenvalue weighted by Crippen LogP contribution is 2.37. The molecule has 0 aliphatic carbocycles. The van der Waals surface area contributed by atoms with Crippen LogP contribution in [0.1, 0.15) is 5.56 Å². The molecule has 6 heteroatoms. The van der Waals surface area contributed by atoms with Crippen molar-refractivity contribution < 1.29 is 22.7 Å². The second-order valence-electron chi connectivity index (χ2n) is 4.27. The van der Waals surface area contributed by atoms with Crippen molar-refractivity contribution in [3.63, 3.8) is 0 Å². The van der Waals surface area contributed by atoms with Gasteiger partial charge in [0.15, 0.2) is 0 Å². The van der Waals surface area contributed by atoms with Crippen LogP contribution in [0.5, 0.6) is 0 Å². The average Bonchev–Trinajstić information content (AvgIpc) is 2.86. The van der Waals surface area contributed by atoms with Crippen molar-refractivity contribution in [2.24, 2.45) is 0 Å². The Labute approximate surface area is 108 Å². The fourth-order valence-corrected chi connectivity index (χ4v) is 2.11. The first-order valence-electron chi connectivity index (χ1n) is 5.77. The Morgan fingerprint density at radius 3 is 2.68 bits per heavy atom. The molecule has 104 valence electrons. The molecule has 0 saturated heterocycles. The van der Waals surface area contributed by atoms with Crippen LogP contribution in [0.3, 0.4) is 0 Å². The van der Waals surface area contributed by atoms with Crippen LogP contribution >= 0.6 is 0 Å². The number of hydrogen-bond acceptors (Lipinski definition) is 3. The highest BCUT2D eigenvalue weighted by Gasteiger charge is 2.49. The number of rotatable bonds is 5. The maximum atomic E-state index is 14.7. The minimum atomic E-state index is -3.27. The van der Waals surface area contributed by atoms with E-state index in [1.165, 1.54) is 31.5 Å². The quantitative estimate of drug-likeness (QED) is 0.879. The molecule has 0 spiro atoms. The van der Waals surface area contributed by atoms with E-state index in [0.29, 0.717) is 11.0 Å². The summed E-state index contributed by atoms with van der Waals surface area (Å²) >= 11 is 0. The molecular weight excluding hydrogens is 259 g/mol. The lowest BCUT2D eigenvalue weighted by atomic mass is 9.88. The Hall–Kier alpha value is -1.53. The van der Waals surface area contributed by atoms with Crippen LogP contribution in [0.15, 0.2) is 34.9 Å². The SMILES string of the molecule is CNC(CO)C(F)(c1ccc2ccoc2c1)C(F)F. The van der Waals surface area contributed by atoms with Gasteiger partial charge in [-0.25, -0.2) is 13.2 Å². The summed E-state index contributed by atoms with van der Waals surface area (Å²) in [6.07, 6.45) is -1.87. The van der Waals surface area contributed by atoms with Crippen molar-refractivity contribution in [2.45, 2.75) is 18.1 Å². The van der Waals surface area contributed by atoms with Crippen LogP contribution in [0.2, 0.25) is 0 Å². The van der Waals surface area contributed by atoms with E-state index >= 15 is 0 Å². The number of hydrogen-bond donors (Lipinski definition) is 2. The van der Waals surface area contributed by atoms with Crippen LogP contribution in [0.4, 0.5) is 13.2 Å². The molecule has 2 unspecified atom stereocenters. The number of aliphatic hydroxyl groups excluding tert-OH is 1. The smallest absolute Gasteiger partial charge is 0.277 e. The highest BCUT2D eigenvalue weighted by atomic mass is 19.3. The Balaban J connectivity index is 2.53. The third kappa shape index (κ3) is 2.21. The van der Waals surface area contributed by atoms with Crippen LogP contribution in [-0.4, -0.2) is 31.2 Å². The number of alkyl halides is 3. The number of fused-ring (bicyclic) bond motifs is 1. The van der Waals surface area contributed by atoms with Crippen molar-refractivity contribution >= 4 is 11.0 Å². The predicted molar refractivity (Wildman–Crippen MR) is 64.9 cm³/mol. The highest BCUT2D eigenvalue weighted by molar-refractivity contribution is 5.77. The van der Waals surface area contributed by atoms with Gasteiger partial charge in [-0.3, -0.25) is 0 Å². The lowest BCUT2D eigenvalue weighted by Crippen LogP contribution is -2.51. The topological polar surface area (TPSA) is 45.4 Å². The summed E-state index contributed by atoms with van der Waals surface area (Å²) in [5, 5.41) is 12.2. The van der Waals surface area contributed by atoms with Crippen molar-refractivity contribution in [1.82, 2.24) is 5.32 Å². The van der Waals surface area contributed by atoms with Gasteiger partial charge in [0.05, 0.1) is 18.9 Å². The average molecular weight is 273 g/mol. The van der Waals surface area contributed by atoms with Gasteiger partial charge >= 0.3 is 0 Å². The lowest BCUT2D eigenvalue weighted by molar-refractivity contribution is -0.0731.